The number of thiazole rings is 1. The molecule has 1 aliphatic rings. The predicted molar refractivity (Wildman–Crippen MR) is 118 cm³/mol. The third kappa shape index (κ3) is 4.34. The van der Waals surface area contributed by atoms with Crippen molar-refractivity contribution in [2.75, 3.05) is 31.2 Å². The van der Waals surface area contributed by atoms with Crippen LogP contribution in [0.25, 0.3) is 5.69 Å². The molecule has 32 heavy (non-hydrogen) atoms. The van der Waals surface area contributed by atoms with Gasteiger partial charge in [0.2, 0.25) is 0 Å². The van der Waals surface area contributed by atoms with Crippen LogP contribution in [0.1, 0.15) is 37.1 Å². The number of hydrazine groups is 1. The number of benzene rings is 1. The van der Waals surface area contributed by atoms with Crippen LogP contribution in [-0.4, -0.2) is 52.9 Å². The van der Waals surface area contributed by atoms with Crippen LogP contribution in [-0.2, 0) is 4.74 Å². The van der Waals surface area contributed by atoms with Gasteiger partial charge in [-0.05, 0) is 45.0 Å². The first-order valence-electron chi connectivity index (χ1n) is 10.1. The van der Waals surface area contributed by atoms with Gasteiger partial charge in [0, 0.05) is 13.1 Å². The van der Waals surface area contributed by atoms with Gasteiger partial charge in [-0.1, -0.05) is 11.3 Å². The van der Waals surface area contributed by atoms with Gasteiger partial charge in [-0.2, -0.15) is 5.10 Å². The fourth-order valence-electron chi connectivity index (χ4n) is 3.52. The van der Waals surface area contributed by atoms with E-state index >= 15 is 0 Å². The number of carbonyl (C=O) groups excluding carboxylic acids is 2. The molecule has 1 aromatic carbocycles. The Morgan fingerprint density at radius 1 is 1.03 bits per heavy atom. The fraction of sp³-hybridized carbons (Fsp3) is 0.333. The van der Waals surface area contributed by atoms with Crippen LogP contribution in [0.3, 0.4) is 0 Å². The molecule has 0 spiro atoms. The van der Waals surface area contributed by atoms with E-state index in [0.29, 0.717) is 46.4 Å². The molecule has 2 aromatic heterocycles. The largest absolute Gasteiger partial charge is 0.378 e. The van der Waals surface area contributed by atoms with Gasteiger partial charge in [0.1, 0.15) is 10.7 Å². The van der Waals surface area contributed by atoms with E-state index in [9.17, 15) is 14.0 Å². The van der Waals surface area contributed by atoms with Crippen LogP contribution >= 0.6 is 11.3 Å². The van der Waals surface area contributed by atoms with Gasteiger partial charge >= 0.3 is 0 Å². The number of amides is 2. The molecule has 1 saturated heterocycles. The molecule has 0 atom stereocenters. The number of hydrogen-bond acceptors (Lipinski definition) is 7. The lowest BCUT2D eigenvalue weighted by Gasteiger charge is -2.25. The molecule has 9 nitrogen and oxygen atoms in total. The van der Waals surface area contributed by atoms with Crippen LogP contribution < -0.4 is 15.8 Å². The van der Waals surface area contributed by atoms with Crippen molar-refractivity contribution in [1.82, 2.24) is 25.6 Å². The van der Waals surface area contributed by atoms with Gasteiger partial charge in [-0.3, -0.25) is 20.4 Å². The van der Waals surface area contributed by atoms with E-state index in [2.05, 4.69) is 25.8 Å². The average molecular weight is 459 g/mol. The lowest BCUT2D eigenvalue weighted by atomic mass is 10.2. The van der Waals surface area contributed by atoms with Crippen molar-refractivity contribution in [3.05, 3.63) is 57.6 Å². The highest BCUT2D eigenvalue weighted by atomic mass is 32.1. The highest BCUT2D eigenvalue weighted by Crippen LogP contribution is 2.26. The molecule has 0 radical (unpaired) electrons. The van der Waals surface area contributed by atoms with Crippen LogP contribution in [0.4, 0.5) is 9.52 Å². The number of hydrogen-bond donors (Lipinski definition) is 2. The van der Waals surface area contributed by atoms with Gasteiger partial charge < -0.3 is 9.64 Å². The summed E-state index contributed by atoms with van der Waals surface area (Å²) in [6.07, 6.45) is 0. The Hall–Kier alpha value is -3.31. The fourth-order valence-corrected chi connectivity index (χ4v) is 4.53. The van der Waals surface area contributed by atoms with Crippen molar-refractivity contribution in [1.29, 1.82) is 0 Å². The Bertz CT molecular complexity index is 1150. The highest BCUT2D eigenvalue weighted by molar-refractivity contribution is 7.17. The lowest BCUT2D eigenvalue weighted by molar-refractivity contribution is 0.0847. The number of halogens is 1. The average Bonchev–Trinajstić information content (AvgIpc) is 3.32. The van der Waals surface area contributed by atoms with Crippen molar-refractivity contribution in [3.8, 4) is 5.69 Å². The highest BCUT2D eigenvalue weighted by Gasteiger charge is 2.23. The van der Waals surface area contributed by atoms with Gasteiger partial charge in [-0.25, -0.2) is 14.1 Å². The Morgan fingerprint density at radius 2 is 1.69 bits per heavy atom. The van der Waals surface area contributed by atoms with Gasteiger partial charge in [0.25, 0.3) is 11.8 Å². The van der Waals surface area contributed by atoms with Crippen molar-refractivity contribution >= 4 is 28.3 Å². The standard InChI is InChI=1S/C21H23FN6O3S/c1-12-17(14(3)28(26-12)16-6-4-15(22)5-7-16)19(29)24-25-20(30)18-13(2)23-21(32-18)27-8-10-31-11-9-27/h4-7H,8-11H2,1-3H3,(H,24,29)(H,25,30). The molecule has 0 unspecified atom stereocenters. The second-order valence-electron chi connectivity index (χ2n) is 7.35. The zero-order chi connectivity index (χ0) is 22.8. The van der Waals surface area contributed by atoms with E-state index in [1.165, 1.54) is 23.5 Å². The SMILES string of the molecule is Cc1nc(N2CCOCC2)sc1C(=O)NNC(=O)c1c(C)nn(-c2ccc(F)cc2)c1C. The van der Waals surface area contributed by atoms with Crippen molar-refractivity contribution in [2.45, 2.75) is 20.8 Å². The second kappa shape index (κ2) is 9.05. The monoisotopic (exact) mass is 458 g/mol. The number of aromatic nitrogens is 3. The molecule has 1 aliphatic heterocycles. The molecule has 11 heteroatoms. The minimum atomic E-state index is -0.489. The van der Waals surface area contributed by atoms with E-state index in [4.69, 9.17) is 4.74 Å². The van der Waals surface area contributed by atoms with Crippen LogP contribution in [0.2, 0.25) is 0 Å². The van der Waals surface area contributed by atoms with E-state index in [1.54, 1.807) is 37.6 Å². The molecule has 0 bridgehead atoms. The van der Waals surface area contributed by atoms with Gasteiger partial charge in [0.15, 0.2) is 5.13 Å². The molecule has 168 valence electrons. The molecular formula is C21H23FN6O3S. The summed E-state index contributed by atoms with van der Waals surface area (Å²) in [6.45, 7) is 7.90. The van der Waals surface area contributed by atoms with E-state index in [1.807, 2.05) is 0 Å². The molecule has 4 rings (SSSR count). The minimum absolute atomic E-state index is 0.338. The first-order valence-corrected chi connectivity index (χ1v) is 10.9. The number of aryl methyl sites for hydroxylation is 2. The lowest BCUT2D eigenvalue weighted by Crippen LogP contribution is -2.42. The molecule has 2 N–H and O–H groups in total. The molecule has 3 heterocycles. The summed E-state index contributed by atoms with van der Waals surface area (Å²) in [5.74, 6) is -1.28. The zero-order valence-corrected chi connectivity index (χ0v) is 18.8. The van der Waals surface area contributed by atoms with Crippen LogP contribution in [0, 0.1) is 26.6 Å². The summed E-state index contributed by atoms with van der Waals surface area (Å²) in [5.41, 5.74) is 7.56. The van der Waals surface area contributed by atoms with E-state index in [0.717, 1.165) is 18.2 Å². The summed E-state index contributed by atoms with van der Waals surface area (Å²) in [5, 5.41) is 5.14. The molecule has 3 aromatic rings. The van der Waals surface area contributed by atoms with Crippen molar-refractivity contribution in [2.24, 2.45) is 0 Å². The number of rotatable bonds is 4. The summed E-state index contributed by atoms with van der Waals surface area (Å²) >= 11 is 1.28. The maximum atomic E-state index is 13.2. The maximum Gasteiger partial charge on any atom is 0.281 e. The molecule has 0 saturated carbocycles. The zero-order valence-electron chi connectivity index (χ0n) is 17.9. The summed E-state index contributed by atoms with van der Waals surface area (Å²) in [6, 6.07) is 5.82. The molecule has 1 fully saturated rings. The Morgan fingerprint density at radius 3 is 2.38 bits per heavy atom. The van der Waals surface area contributed by atoms with Crippen molar-refractivity contribution < 1.29 is 18.7 Å². The quantitative estimate of drug-likeness (QED) is 0.582. The smallest absolute Gasteiger partial charge is 0.281 e. The topological polar surface area (TPSA) is 101 Å². The maximum absolute atomic E-state index is 13.2. The summed E-state index contributed by atoms with van der Waals surface area (Å²) < 4.78 is 20.1. The number of carbonyl (C=O) groups is 2. The first-order chi connectivity index (χ1) is 15.3. The van der Waals surface area contributed by atoms with Gasteiger partial charge in [0.05, 0.1) is 41.5 Å². The normalized spacial score (nSPS) is 13.8. The minimum Gasteiger partial charge on any atom is -0.378 e. The summed E-state index contributed by atoms with van der Waals surface area (Å²) in [4.78, 5) is 32.5. The van der Waals surface area contributed by atoms with E-state index in [-0.39, 0.29) is 5.82 Å². The number of morpholine rings is 1. The number of nitrogens with one attached hydrogen (secondary N) is 2. The van der Waals surface area contributed by atoms with Crippen molar-refractivity contribution in [3.63, 3.8) is 0 Å². The third-order valence-corrected chi connectivity index (χ3v) is 6.37. The Kier molecular flexibility index (Phi) is 6.19. The number of nitrogens with zero attached hydrogens (tertiary/aromatic N) is 4. The Labute approximate surface area is 188 Å². The number of ether oxygens (including phenoxy) is 1. The Balaban J connectivity index is 1.45. The van der Waals surface area contributed by atoms with Crippen LogP contribution in [0.15, 0.2) is 24.3 Å². The summed E-state index contributed by atoms with van der Waals surface area (Å²) in [7, 11) is 0. The first kappa shape index (κ1) is 21.9. The molecule has 0 aliphatic carbocycles. The van der Waals surface area contributed by atoms with Gasteiger partial charge in [-0.15, -0.1) is 0 Å². The predicted octanol–water partition coefficient (Wildman–Crippen LogP) is 2.30. The number of anilines is 1. The molecular weight excluding hydrogens is 435 g/mol. The molecule has 2 amide bonds. The second-order valence-corrected chi connectivity index (χ2v) is 8.33. The van der Waals surface area contributed by atoms with E-state index < -0.39 is 11.8 Å². The third-order valence-electron chi connectivity index (χ3n) is 5.15. The van der Waals surface area contributed by atoms with Crippen LogP contribution in [0.5, 0.6) is 0 Å².